The van der Waals surface area contributed by atoms with Gasteiger partial charge in [0.05, 0.1) is 0 Å². The third kappa shape index (κ3) is 3.14. The van der Waals surface area contributed by atoms with Crippen LogP contribution in [-0.2, 0) is 6.54 Å². The van der Waals surface area contributed by atoms with Crippen LogP contribution in [0, 0.1) is 5.92 Å². The first-order valence-corrected chi connectivity index (χ1v) is 6.87. The SMILES string of the molecule is Nc1cc(Cl)cc(CN(CC2CC2)C2CC2)c1. The fourth-order valence-electron chi connectivity index (χ4n) is 2.42. The van der Waals surface area contributed by atoms with E-state index in [4.69, 9.17) is 17.3 Å². The molecule has 0 spiro atoms. The Morgan fingerprint density at radius 2 is 1.94 bits per heavy atom. The Balaban J connectivity index is 1.69. The zero-order valence-electron chi connectivity index (χ0n) is 10.0. The minimum Gasteiger partial charge on any atom is -0.399 e. The molecule has 92 valence electrons. The van der Waals surface area contributed by atoms with Crippen molar-refractivity contribution in [1.82, 2.24) is 4.90 Å². The van der Waals surface area contributed by atoms with Gasteiger partial charge in [0.15, 0.2) is 0 Å². The molecule has 2 N–H and O–H groups in total. The summed E-state index contributed by atoms with van der Waals surface area (Å²) in [6.07, 6.45) is 5.56. The highest BCUT2D eigenvalue weighted by Crippen LogP contribution is 2.35. The molecule has 0 heterocycles. The van der Waals surface area contributed by atoms with Gasteiger partial charge in [0.2, 0.25) is 0 Å². The van der Waals surface area contributed by atoms with Gasteiger partial charge in [0.25, 0.3) is 0 Å². The highest BCUT2D eigenvalue weighted by atomic mass is 35.5. The van der Waals surface area contributed by atoms with Crippen LogP contribution in [0.5, 0.6) is 0 Å². The Morgan fingerprint density at radius 3 is 2.53 bits per heavy atom. The molecule has 2 aliphatic rings. The lowest BCUT2D eigenvalue weighted by atomic mass is 10.2. The van der Waals surface area contributed by atoms with Gasteiger partial charge in [0, 0.05) is 29.8 Å². The fraction of sp³-hybridized carbons (Fsp3) is 0.571. The molecule has 2 aliphatic carbocycles. The zero-order chi connectivity index (χ0) is 11.8. The average Bonchev–Trinajstić information content (AvgIpc) is 3.11. The lowest BCUT2D eigenvalue weighted by Gasteiger charge is -2.22. The number of benzene rings is 1. The molecule has 1 aromatic carbocycles. The summed E-state index contributed by atoms with van der Waals surface area (Å²) in [7, 11) is 0. The molecule has 3 rings (SSSR count). The second-order valence-corrected chi connectivity index (χ2v) is 5.93. The van der Waals surface area contributed by atoms with E-state index in [0.29, 0.717) is 0 Å². The number of anilines is 1. The predicted molar refractivity (Wildman–Crippen MR) is 72.0 cm³/mol. The highest BCUT2D eigenvalue weighted by Gasteiger charge is 2.33. The maximum atomic E-state index is 6.05. The highest BCUT2D eigenvalue weighted by molar-refractivity contribution is 6.30. The summed E-state index contributed by atoms with van der Waals surface area (Å²) in [5, 5.41) is 0.752. The first-order valence-electron chi connectivity index (χ1n) is 6.50. The molecule has 0 bridgehead atoms. The van der Waals surface area contributed by atoms with E-state index in [1.807, 2.05) is 18.2 Å². The summed E-state index contributed by atoms with van der Waals surface area (Å²) in [6, 6.07) is 6.72. The zero-order valence-corrected chi connectivity index (χ0v) is 10.8. The molecule has 2 fully saturated rings. The molecule has 1 aromatic rings. The predicted octanol–water partition coefficient (Wildman–Crippen LogP) is 3.30. The molecule has 0 unspecified atom stereocenters. The molecule has 0 aromatic heterocycles. The van der Waals surface area contributed by atoms with Crippen molar-refractivity contribution < 1.29 is 0 Å². The minimum absolute atomic E-state index is 0.752. The van der Waals surface area contributed by atoms with Crippen molar-refractivity contribution in [3.63, 3.8) is 0 Å². The van der Waals surface area contributed by atoms with E-state index in [9.17, 15) is 0 Å². The van der Waals surface area contributed by atoms with Crippen LogP contribution in [0.15, 0.2) is 18.2 Å². The quantitative estimate of drug-likeness (QED) is 0.813. The van der Waals surface area contributed by atoms with Crippen molar-refractivity contribution in [3.8, 4) is 0 Å². The molecule has 0 atom stereocenters. The Bertz CT molecular complexity index is 390. The van der Waals surface area contributed by atoms with Gasteiger partial charge in [-0.2, -0.15) is 0 Å². The first kappa shape index (κ1) is 11.4. The number of hydrogen-bond donors (Lipinski definition) is 1. The van der Waals surface area contributed by atoms with E-state index >= 15 is 0 Å². The number of rotatable bonds is 5. The van der Waals surface area contributed by atoms with Gasteiger partial charge < -0.3 is 5.73 Å². The number of hydrogen-bond acceptors (Lipinski definition) is 2. The third-order valence-corrected chi connectivity index (χ3v) is 3.84. The van der Waals surface area contributed by atoms with Crippen molar-refractivity contribution in [3.05, 3.63) is 28.8 Å². The van der Waals surface area contributed by atoms with Crippen LogP contribution in [0.3, 0.4) is 0 Å². The Labute approximate surface area is 108 Å². The first-order chi connectivity index (χ1) is 8.20. The summed E-state index contributed by atoms with van der Waals surface area (Å²) in [4.78, 5) is 2.61. The minimum atomic E-state index is 0.752. The van der Waals surface area contributed by atoms with Gasteiger partial charge in [0.1, 0.15) is 0 Å². The molecule has 0 radical (unpaired) electrons. The van der Waals surface area contributed by atoms with Crippen molar-refractivity contribution in [2.75, 3.05) is 12.3 Å². The van der Waals surface area contributed by atoms with Gasteiger partial charge in [-0.25, -0.2) is 0 Å². The van der Waals surface area contributed by atoms with Gasteiger partial charge in [-0.05, 0) is 55.4 Å². The van der Waals surface area contributed by atoms with Crippen molar-refractivity contribution in [2.24, 2.45) is 5.92 Å². The molecule has 17 heavy (non-hydrogen) atoms. The fourth-order valence-corrected chi connectivity index (χ4v) is 2.68. The number of nitrogens with zero attached hydrogens (tertiary/aromatic N) is 1. The van der Waals surface area contributed by atoms with Crippen LogP contribution in [-0.4, -0.2) is 17.5 Å². The van der Waals surface area contributed by atoms with Crippen LogP contribution >= 0.6 is 11.6 Å². The van der Waals surface area contributed by atoms with Crippen molar-refractivity contribution in [1.29, 1.82) is 0 Å². The van der Waals surface area contributed by atoms with Crippen LogP contribution in [0.2, 0.25) is 5.02 Å². The van der Waals surface area contributed by atoms with E-state index < -0.39 is 0 Å². The van der Waals surface area contributed by atoms with Crippen molar-refractivity contribution in [2.45, 2.75) is 38.3 Å². The van der Waals surface area contributed by atoms with E-state index in [1.165, 1.54) is 37.8 Å². The maximum Gasteiger partial charge on any atom is 0.0429 e. The monoisotopic (exact) mass is 250 g/mol. The van der Waals surface area contributed by atoms with E-state index in [2.05, 4.69) is 4.90 Å². The Kier molecular flexibility index (Phi) is 3.01. The number of nitrogens with two attached hydrogens (primary N) is 1. The maximum absolute atomic E-state index is 6.05. The summed E-state index contributed by atoms with van der Waals surface area (Å²) in [6.45, 7) is 2.27. The largest absolute Gasteiger partial charge is 0.399 e. The lowest BCUT2D eigenvalue weighted by Crippen LogP contribution is -2.27. The lowest BCUT2D eigenvalue weighted by molar-refractivity contribution is 0.244. The molecule has 2 nitrogen and oxygen atoms in total. The topological polar surface area (TPSA) is 29.3 Å². The van der Waals surface area contributed by atoms with Gasteiger partial charge in [-0.1, -0.05) is 11.6 Å². The summed E-state index contributed by atoms with van der Waals surface area (Å²) in [5.41, 5.74) is 7.86. The van der Waals surface area contributed by atoms with Crippen LogP contribution < -0.4 is 5.73 Å². The molecule has 0 amide bonds. The summed E-state index contributed by atoms with van der Waals surface area (Å²) < 4.78 is 0. The van der Waals surface area contributed by atoms with Crippen molar-refractivity contribution >= 4 is 17.3 Å². The molecule has 2 saturated carbocycles. The van der Waals surface area contributed by atoms with E-state index in [-0.39, 0.29) is 0 Å². The summed E-state index contributed by atoms with van der Waals surface area (Å²) >= 11 is 6.05. The Hall–Kier alpha value is -0.730. The number of nitrogen functional groups attached to an aromatic ring is 1. The van der Waals surface area contributed by atoms with Gasteiger partial charge in [-0.15, -0.1) is 0 Å². The molecule has 3 heteroatoms. The smallest absolute Gasteiger partial charge is 0.0429 e. The van der Waals surface area contributed by atoms with Crippen LogP contribution in [0.4, 0.5) is 5.69 Å². The number of halogens is 1. The standard InChI is InChI=1S/C14H19ClN2/c15-12-5-11(6-13(16)7-12)9-17(14-3-4-14)8-10-1-2-10/h5-7,10,14H,1-4,8-9,16H2. The molecular weight excluding hydrogens is 232 g/mol. The Morgan fingerprint density at radius 1 is 1.18 bits per heavy atom. The second-order valence-electron chi connectivity index (χ2n) is 5.50. The molecular formula is C14H19ClN2. The average molecular weight is 251 g/mol. The third-order valence-electron chi connectivity index (χ3n) is 3.62. The summed E-state index contributed by atoms with van der Waals surface area (Å²) in [5.74, 6) is 0.951. The molecule has 0 aliphatic heterocycles. The van der Waals surface area contributed by atoms with Crippen LogP contribution in [0.25, 0.3) is 0 Å². The second kappa shape index (κ2) is 4.51. The van der Waals surface area contributed by atoms with E-state index in [1.54, 1.807) is 0 Å². The van der Waals surface area contributed by atoms with Gasteiger partial charge in [-0.3, -0.25) is 4.90 Å². The molecule has 0 saturated heterocycles. The van der Waals surface area contributed by atoms with Gasteiger partial charge >= 0.3 is 0 Å². The normalized spacial score (nSPS) is 19.9. The van der Waals surface area contributed by atoms with Crippen LogP contribution in [0.1, 0.15) is 31.2 Å². The van der Waals surface area contributed by atoms with E-state index in [0.717, 1.165) is 29.2 Å².